The second-order valence-corrected chi connectivity index (χ2v) is 17.5. The van der Waals surface area contributed by atoms with Crippen LogP contribution in [0.1, 0.15) is 43.0 Å². The summed E-state index contributed by atoms with van der Waals surface area (Å²) in [6.45, 7) is 7.97. The molecule has 1 aromatic heterocycles. The highest BCUT2D eigenvalue weighted by atomic mass is 127. The SMILES string of the molecule is C=CC(C)(C)OCCC(N=C(/C=C\N)c1cc(Oc2c(F)cc3c(ccn3S(=O)(=O)c3ccccc3)c2CC(=C/N)/C=N/PI)ccc1F)c1cccc(Br)c1. The van der Waals surface area contributed by atoms with Crippen molar-refractivity contribution in [1.29, 1.82) is 0 Å². The van der Waals surface area contributed by atoms with Crippen LogP contribution in [0, 0.1) is 11.6 Å². The van der Waals surface area contributed by atoms with Crippen LogP contribution in [0.15, 0.2) is 147 Å². The number of fused-ring (bicyclic) bond motifs is 1. The Morgan fingerprint density at radius 2 is 1.82 bits per heavy atom. The molecule has 0 saturated heterocycles. The summed E-state index contributed by atoms with van der Waals surface area (Å²) in [5, 5.41) is 0.403. The van der Waals surface area contributed by atoms with E-state index < -0.39 is 33.3 Å². The molecule has 5 rings (SSSR count). The van der Waals surface area contributed by atoms with E-state index in [1.807, 2.05) is 38.1 Å². The minimum atomic E-state index is -4.09. The molecule has 1 heterocycles. The van der Waals surface area contributed by atoms with Gasteiger partial charge in [-0.25, -0.2) is 21.2 Å². The van der Waals surface area contributed by atoms with Crippen LogP contribution in [0.2, 0.25) is 0 Å². The summed E-state index contributed by atoms with van der Waals surface area (Å²) in [6.07, 6.45) is 9.45. The lowest BCUT2D eigenvalue weighted by Gasteiger charge is -2.23. The van der Waals surface area contributed by atoms with Gasteiger partial charge in [0, 0.05) is 45.9 Å². The lowest BCUT2D eigenvalue weighted by Crippen LogP contribution is -2.22. The van der Waals surface area contributed by atoms with Crippen LogP contribution in [-0.2, 0) is 21.2 Å². The fourth-order valence-electron chi connectivity index (χ4n) is 5.79. The standard InChI is InChI=1S/C41H40BrF2IN5O4PS/c1-4-41(2,3)53-20-17-37(28-9-8-10-29(42)22-28)49-38(15-18-46)34-23-30(13-14-35(34)43)54-40-33(21-27(25-47)26-48-55-45)32-16-19-50(39(32)24-36(40)44)56(51,52)31-11-6-5-7-12-31/h4-16,18-19,22-26,37,55H,1,17,20-21,46-47H2,2-3H3/b18-15-,27-25-,48-26+,49-38?. The largest absolute Gasteiger partial charge is 0.454 e. The fourth-order valence-corrected chi connectivity index (χ4v) is 8.20. The zero-order valence-corrected chi connectivity index (χ0v) is 36.1. The average Bonchev–Trinajstić information content (AvgIpc) is 3.62. The van der Waals surface area contributed by atoms with E-state index in [0.717, 1.165) is 20.1 Å². The molecule has 0 aliphatic heterocycles. The Labute approximate surface area is 348 Å². The first-order valence-corrected chi connectivity index (χ1v) is 23.5. The molecule has 0 aliphatic carbocycles. The van der Waals surface area contributed by atoms with E-state index in [2.05, 4.69) is 49.3 Å². The minimum absolute atomic E-state index is 0.0375. The highest BCUT2D eigenvalue weighted by Crippen LogP contribution is 2.38. The fraction of sp³-hybridized carbons (Fsp3) is 0.171. The van der Waals surface area contributed by atoms with Crippen LogP contribution >= 0.6 is 44.3 Å². The third-order valence-corrected chi connectivity index (χ3v) is 12.0. The van der Waals surface area contributed by atoms with Crippen LogP contribution < -0.4 is 16.2 Å². The summed E-state index contributed by atoms with van der Waals surface area (Å²) in [4.78, 5) is 5.00. The van der Waals surface area contributed by atoms with Gasteiger partial charge in [0.25, 0.3) is 10.0 Å². The minimum Gasteiger partial charge on any atom is -0.454 e. The van der Waals surface area contributed by atoms with Crippen molar-refractivity contribution in [3.63, 3.8) is 0 Å². The maximum absolute atomic E-state index is 16.4. The molecule has 0 spiro atoms. The third kappa shape index (κ3) is 10.4. The van der Waals surface area contributed by atoms with Crippen molar-refractivity contribution < 1.29 is 26.7 Å². The van der Waals surface area contributed by atoms with Gasteiger partial charge in [0.05, 0.1) is 40.7 Å². The molecule has 9 nitrogen and oxygen atoms in total. The highest BCUT2D eigenvalue weighted by Gasteiger charge is 2.25. The van der Waals surface area contributed by atoms with Gasteiger partial charge in [-0.15, -0.1) is 6.58 Å². The molecule has 4 aromatic carbocycles. The molecule has 0 aliphatic rings. The van der Waals surface area contributed by atoms with Crippen molar-refractivity contribution in [3.8, 4) is 11.5 Å². The van der Waals surface area contributed by atoms with Gasteiger partial charge in [-0.2, -0.15) is 0 Å². The third-order valence-electron chi connectivity index (χ3n) is 8.72. The Kier molecular flexibility index (Phi) is 14.8. The number of aliphatic imine (C=N–C) groups is 1. The summed E-state index contributed by atoms with van der Waals surface area (Å²) in [5.74, 6) is -1.57. The lowest BCUT2D eigenvalue weighted by atomic mass is 10.0. The van der Waals surface area contributed by atoms with E-state index >= 15 is 8.78 Å². The van der Waals surface area contributed by atoms with E-state index in [1.54, 1.807) is 36.6 Å². The first-order valence-electron chi connectivity index (χ1n) is 17.2. The molecular formula is C41H40BrF2IN5O4PS. The number of benzene rings is 4. The summed E-state index contributed by atoms with van der Waals surface area (Å²) in [6, 6.07) is 21.7. The number of nitrogens with two attached hydrogens (primary N) is 2. The van der Waals surface area contributed by atoms with E-state index in [9.17, 15) is 8.42 Å². The Morgan fingerprint density at radius 1 is 1.05 bits per heavy atom. The molecule has 0 fully saturated rings. The van der Waals surface area contributed by atoms with Gasteiger partial charge in [0.2, 0.25) is 0 Å². The van der Waals surface area contributed by atoms with Gasteiger partial charge >= 0.3 is 0 Å². The van der Waals surface area contributed by atoms with Crippen molar-refractivity contribution in [1.82, 2.24) is 3.97 Å². The van der Waals surface area contributed by atoms with Crippen molar-refractivity contribution >= 4 is 77.2 Å². The Morgan fingerprint density at radius 3 is 2.50 bits per heavy atom. The molecule has 292 valence electrons. The van der Waals surface area contributed by atoms with Gasteiger partial charge < -0.3 is 20.9 Å². The maximum Gasteiger partial charge on any atom is 0.268 e. The number of nitrogens with zero attached hydrogens (tertiary/aromatic N) is 3. The molecule has 15 heteroatoms. The lowest BCUT2D eigenvalue weighted by molar-refractivity contribution is 0.0162. The van der Waals surface area contributed by atoms with Crippen molar-refractivity contribution in [3.05, 3.63) is 161 Å². The second kappa shape index (κ2) is 19.3. The van der Waals surface area contributed by atoms with Gasteiger partial charge in [-0.3, -0.25) is 9.76 Å². The van der Waals surface area contributed by atoms with Crippen molar-refractivity contribution in [2.45, 2.75) is 43.2 Å². The van der Waals surface area contributed by atoms with Crippen LogP contribution in [-0.4, -0.2) is 36.5 Å². The van der Waals surface area contributed by atoms with Crippen LogP contribution in [0.25, 0.3) is 10.9 Å². The first kappa shape index (κ1) is 42.9. The van der Waals surface area contributed by atoms with Crippen LogP contribution in [0.4, 0.5) is 8.78 Å². The molecule has 0 amide bonds. The van der Waals surface area contributed by atoms with Crippen LogP contribution in [0.5, 0.6) is 11.5 Å². The molecule has 2 atom stereocenters. The summed E-state index contributed by atoms with van der Waals surface area (Å²) in [7, 11) is -4.09. The van der Waals surface area contributed by atoms with E-state index in [-0.39, 0.29) is 46.0 Å². The predicted octanol–water partition coefficient (Wildman–Crippen LogP) is 10.5. The topological polar surface area (TPSA) is 134 Å². The normalized spacial score (nSPS) is 13.8. The number of rotatable bonds is 17. The monoisotopic (exact) mass is 973 g/mol. The smallest absolute Gasteiger partial charge is 0.268 e. The van der Waals surface area contributed by atoms with E-state index in [4.69, 9.17) is 25.9 Å². The first-order chi connectivity index (χ1) is 26.8. The van der Waals surface area contributed by atoms with E-state index in [1.165, 1.54) is 55.0 Å². The summed E-state index contributed by atoms with van der Waals surface area (Å²) >= 11 is 5.64. The molecule has 0 radical (unpaired) electrons. The number of hydrogen-bond acceptors (Lipinski definition) is 8. The number of allylic oxidation sites excluding steroid dienone is 2. The molecular weight excluding hydrogens is 934 g/mol. The molecule has 4 N–H and O–H groups in total. The summed E-state index contributed by atoms with van der Waals surface area (Å²) < 4.78 is 78.1. The summed E-state index contributed by atoms with van der Waals surface area (Å²) in [5.41, 5.74) is 13.3. The highest BCUT2D eigenvalue weighted by molar-refractivity contribution is 14.2. The Bertz CT molecular complexity index is 2440. The number of aromatic nitrogens is 1. The maximum atomic E-state index is 16.4. The molecule has 0 saturated carbocycles. The molecule has 56 heavy (non-hydrogen) atoms. The molecule has 0 bridgehead atoms. The predicted molar refractivity (Wildman–Crippen MR) is 236 cm³/mol. The van der Waals surface area contributed by atoms with Gasteiger partial charge in [0.15, 0.2) is 11.6 Å². The number of hydrogen-bond donors (Lipinski definition) is 2. The van der Waals surface area contributed by atoms with Crippen molar-refractivity contribution in [2.75, 3.05) is 6.61 Å². The zero-order chi connectivity index (χ0) is 40.5. The van der Waals surface area contributed by atoms with Crippen molar-refractivity contribution in [2.24, 2.45) is 21.2 Å². The molecule has 5 aromatic rings. The second-order valence-electron chi connectivity index (χ2n) is 12.9. The Balaban J connectivity index is 1.62. The zero-order valence-electron chi connectivity index (χ0n) is 30.5. The van der Waals surface area contributed by atoms with Gasteiger partial charge in [-0.1, -0.05) is 52.3 Å². The van der Waals surface area contributed by atoms with Gasteiger partial charge in [0.1, 0.15) is 11.6 Å². The van der Waals surface area contributed by atoms with Crippen LogP contribution in [0.3, 0.4) is 0 Å². The average molecular weight is 975 g/mol. The molecule has 2 unspecified atom stereocenters. The quantitative estimate of drug-likeness (QED) is 0.0413. The van der Waals surface area contributed by atoms with Gasteiger partial charge in [-0.05, 0) is 120 Å². The number of ether oxygens (including phenoxy) is 2. The number of halogens is 4. The van der Waals surface area contributed by atoms with E-state index in [0.29, 0.717) is 29.6 Å². The Hall–Kier alpha value is -4.21.